The molecule has 0 aliphatic carbocycles. The Bertz CT molecular complexity index is 829. The van der Waals surface area contributed by atoms with Gasteiger partial charge in [-0.15, -0.1) is 0 Å². The van der Waals surface area contributed by atoms with Gasteiger partial charge in [-0.25, -0.2) is 0 Å². The van der Waals surface area contributed by atoms with Gasteiger partial charge < -0.3 is 14.7 Å². The van der Waals surface area contributed by atoms with E-state index in [-0.39, 0.29) is 18.6 Å². The minimum Gasteiger partial charge on any atom is -0.480 e. The van der Waals surface area contributed by atoms with E-state index in [1.807, 2.05) is 6.07 Å². The molecule has 1 amide bonds. The lowest BCUT2D eigenvalue weighted by Gasteiger charge is -2.34. The maximum Gasteiger partial charge on any atom is 0.317 e. The van der Waals surface area contributed by atoms with E-state index >= 15 is 0 Å². The molecule has 1 aromatic heterocycles. The molecule has 1 aromatic carbocycles. The monoisotopic (exact) mass is 377 g/mol. The quantitative estimate of drug-likeness (QED) is 0.854. The Morgan fingerprint density at radius 2 is 2.23 bits per heavy atom. The van der Waals surface area contributed by atoms with Gasteiger partial charge in [-0.05, 0) is 31.3 Å². The van der Waals surface area contributed by atoms with Gasteiger partial charge in [-0.3, -0.25) is 19.5 Å². The first-order chi connectivity index (χ1) is 12.5. The number of rotatable bonds is 5. The van der Waals surface area contributed by atoms with Crippen LogP contribution in [0.25, 0.3) is 10.9 Å². The minimum atomic E-state index is -0.894. The number of carbonyl (C=O) groups excluding carboxylic acids is 1. The highest BCUT2D eigenvalue weighted by Crippen LogP contribution is 2.26. The number of hydrogen-bond donors (Lipinski definition) is 1. The van der Waals surface area contributed by atoms with E-state index in [2.05, 4.69) is 4.98 Å². The fourth-order valence-electron chi connectivity index (χ4n) is 3.14. The Morgan fingerprint density at radius 3 is 3.00 bits per heavy atom. The Kier molecular flexibility index (Phi) is 5.70. The molecular weight excluding hydrogens is 358 g/mol. The lowest BCUT2D eigenvalue weighted by molar-refractivity contribution is -0.138. The molecule has 8 heteroatoms. The van der Waals surface area contributed by atoms with Crippen LogP contribution in [-0.4, -0.2) is 77.7 Å². The molecule has 0 spiro atoms. The average molecular weight is 378 g/mol. The second-order valence-corrected chi connectivity index (χ2v) is 6.74. The number of ether oxygens (including phenoxy) is 1. The van der Waals surface area contributed by atoms with Crippen molar-refractivity contribution in [1.82, 2.24) is 14.8 Å². The van der Waals surface area contributed by atoms with Gasteiger partial charge in [0.2, 0.25) is 0 Å². The van der Waals surface area contributed by atoms with Crippen molar-refractivity contribution in [2.45, 2.75) is 6.10 Å². The van der Waals surface area contributed by atoms with E-state index in [0.29, 0.717) is 42.3 Å². The molecule has 0 saturated carbocycles. The minimum absolute atomic E-state index is 0.0699. The molecule has 2 aromatic rings. The zero-order chi connectivity index (χ0) is 18.7. The first-order valence-electron chi connectivity index (χ1n) is 8.30. The van der Waals surface area contributed by atoms with Crippen LogP contribution >= 0.6 is 11.6 Å². The number of nitrogens with zero attached hydrogens (tertiary/aromatic N) is 3. The number of fused-ring (bicyclic) bond motifs is 1. The zero-order valence-electron chi connectivity index (χ0n) is 14.4. The van der Waals surface area contributed by atoms with Gasteiger partial charge in [-0.2, -0.15) is 0 Å². The standard InChI is InChI=1S/C18H20ClN3O4/c1-21(11-16(23)24)9-12-10-22(7-8-26-12)18(25)14-4-5-15(19)13-3-2-6-20-17(13)14/h2-6,12H,7-11H2,1H3,(H,23,24). The van der Waals surface area contributed by atoms with Crippen molar-refractivity contribution in [2.75, 3.05) is 39.8 Å². The van der Waals surface area contributed by atoms with E-state index in [1.54, 1.807) is 41.2 Å². The van der Waals surface area contributed by atoms with Crippen LogP contribution in [-0.2, 0) is 9.53 Å². The number of likely N-dealkylation sites (N-methyl/N-ethyl adjacent to an activating group) is 1. The third-order valence-electron chi connectivity index (χ3n) is 4.29. The predicted octanol–water partition coefficient (Wildman–Crippen LogP) is 1.75. The smallest absolute Gasteiger partial charge is 0.317 e. The number of pyridine rings is 1. The topological polar surface area (TPSA) is 83.0 Å². The number of carboxylic acid groups (broad SMARTS) is 1. The van der Waals surface area contributed by atoms with E-state index in [1.165, 1.54) is 0 Å². The summed E-state index contributed by atoms with van der Waals surface area (Å²) in [5.74, 6) is -1.02. The summed E-state index contributed by atoms with van der Waals surface area (Å²) in [4.78, 5) is 31.5. The van der Waals surface area contributed by atoms with Crippen molar-refractivity contribution < 1.29 is 19.4 Å². The second kappa shape index (κ2) is 7.99. The van der Waals surface area contributed by atoms with Gasteiger partial charge in [-0.1, -0.05) is 11.6 Å². The molecule has 0 radical (unpaired) electrons. The summed E-state index contributed by atoms with van der Waals surface area (Å²) < 4.78 is 5.69. The molecule has 1 saturated heterocycles. The Balaban J connectivity index is 1.76. The number of aromatic nitrogens is 1. The van der Waals surface area contributed by atoms with E-state index in [9.17, 15) is 9.59 Å². The average Bonchev–Trinajstić information content (AvgIpc) is 2.61. The molecular formula is C18H20ClN3O4. The van der Waals surface area contributed by atoms with Crippen LogP contribution in [0.1, 0.15) is 10.4 Å². The van der Waals surface area contributed by atoms with E-state index in [4.69, 9.17) is 21.4 Å². The highest BCUT2D eigenvalue weighted by atomic mass is 35.5. The van der Waals surface area contributed by atoms with Gasteiger partial charge in [0.05, 0.1) is 35.4 Å². The number of halogens is 1. The number of hydrogen-bond acceptors (Lipinski definition) is 5. The van der Waals surface area contributed by atoms with Crippen molar-refractivity contribution in [3.05, 3.63) is 41.0 Å². The lowest BCUT2D eigenvalue weighted by Crippen LogP contribution is -2.49. The molecule has 1 aliphatic rings. The van der Waals surface area contributed by atoms with Crippen LogP contribution in [0.15, 0.2) is 30.5 Å². The number of aliphatic carboxylic acids is 1. The number of benzene rings is 1. The first-order valence-corrected chi connectivity index (χ1v) is 8.68. The van der Waals surface area contributed by atoms with Crippen LogP contribution in [0.3, 0.4) is 0 Å². The summed E-state index contributed by atoms with van der Waals surface area (Å²) in [7, 11) is 1.72. The van der Waals surface area contributed by atoms with E-state index in [0.717, 1.165) is 5.39 Å². The molecule has 26 heavy (non-hydrogen) atoms. The molecule has 0 bridgehead atoms. The highest BCUT2D eigenvalue weighted by Gasteiger charge is 2.27. The number of carbonyl (C=O) groups is 2. The van der Waals surface area contributed by atoms with Crippen molar-refractivity contribution in [2.24, 2.45) is 0 Å². The molecule has 1 unspecified atom stereocenters. The third kappa shape index (κ3) is 4.12. The van der Waals surface area contributed by atoms with Crippen LogP contribution in [0.5, 0.6) is 0 Å². The summed E-state index contributed by atoms with van der Waals surface area (Å²) in [6.07, 6.45) is 1.40. The number of amides is 1. The number of carboxylic acids is 1. The Morgan fingerprint density at radius 1 is 1.42 bits per heavy atom. The van der Waals surface area contributed by atoms with Crippen LogP contribution in [0.2, 0.25) is 5.02 Å². The molecule has 1 atom stereocenters. The summed E-state index contributed by atoms with van der Waals surface area (Å²) in [6.45, 7) is 1.67. The summed E-state index contributed by atoms with van der Waals surface area (Å²) in [5.41, 5.74) is 1.08. The summed E-state index contributed by atoms with van der Waals surface area (Å²) in [5, 5.41) is 10.2. The first kappa shape index (κ1) is 18.6. The number of morpholine rings is 1. The van der Waals surface area contributed by atoms with Crippen molar-refractivity contribution in [1.29, 1.82) is 0 Å². The maximum absolute atomic E-state index is 13.0. The van der Waals surface area contributed by atoms with Crippen LogP contribution in [0.4, 0.5) is 0 Å². The predicted molar refractivity (Wildman–Crippen MR) is 97.5 cm³/mol. The van der Waals surface area contributed by atoms with Gasteiger partial charge in [0.25, 0.3) is 5.91 Å². The Labute approximate surface area is 156 Å². The molecule has 1 N–H and O–H groups in total. The molecule has 1 fully saturated rings. The molecule has 138 valence electrons. The summed E-state index contributed by atoms with van der Waals surface area (Å²) >= 11 is 6.20. The van der Waals surface area contributed by atoms with Gasteiger partial charge in [0.1, 0.15) is 0 Å². The molecule has 7 nitrogen and oxygen atoms in total. The normalized spacial score (nSPS) is 17.7. The Hall–Kier alpha value is -2.22. The second-order valence-electron chi connectivity index (χ2n) is 6.33. The van der Waals surface area contributed by atoms with Crippen LogP contribution < -0.4 is 0 Å². The third-order valence-corrected chi connectivity index (χ3v) is 4.62. The van der Waals surface area contributed by atoms with Crippen molar-refractivity contribution >= 4 is 34.4 Å². The van der Waals surface area contributed by atoms with E-state index < -0.39 is 5.97 Å². The van der Waals surface area contributed by atoms with Gasteiger partial charge in [0, 0.05) is 31.2 Å². The lowest BCUT2D eigenvalue weighted by atomic mass is 10.1. The summed E-state index contributed by atoms with van der Waals surface area (Å²) in [6, 6.07) is 7.02. The molecule has 2 heterocycles. The highest BCUT2D eigenvalue weighted by molar-refractivity contribution is 6.36. The largest absolute Gasteiger partial charge is 0.480 e. The fourth-order valence-corrected chi connectivity index (χ4v) is 3.35. The zero-order valence-corrected chi connectivity index (χ0v) is 15.1. The molecule has 3 rings (SSSR count). The van der Waals surface area contributed by atoms with Gasteiger partial charge in [0.15, 0.2) is 0 Å². The van der Waals surface area contributed by atoms with Crippen molar-refractivity contribution in [3.8, 4) is 0 Å². The maximum atomic E-state index is 13.0. The molecule has 1 aliphatic heterocycles. The van der Waals surface area contributed by atoms with Gasteiger partial charge >= 0.3 is 5.97 Å². The van der Waals surface area contributed by atoms with Crippen molar-refractivity contribution in [3.63, 3.8) is 0 Å². The van der Waals surface area contributed by atoms with Crippen LogP contribution in [0, 0.1) is 0 Å². The fraction of sp³-hybridized carbons (Fsp3) is 0.389. The SMILES string of the molecule is CN(CC(=O)O)CC1CN(C(=O)c2ccc(Cl)c3cccnc23)CCO1.